The second-order valence-corrected chi connectivity index (χ2v) is 13.4. The molecule has 0 saturated carbocycles. The smallest absolute Gasteiger partial charge is 0.338 e. The van der Waals surface area contributed by atoms with Gasteiger partial charge in [0.1, 0.15) is 11.4 Å². The average molecular weight is 578 g/mol. The van der Waals surface area contributed by atoms with E-state index in [2.05, 4.69) is 9.71 Å². The number of anilines is 2. The van der Waals surface area contributed by atoms with Gasteiger partial charge in [0, 0.05) is 18.0 Å². The molecule has 0 radical (unpaired) electrons. The minimum atomic E-state index is -3.98. The van der Waals surface area contributed by atoms with E-state index in [0.717, 1.165) is 18.4 Å². The molecule has 0 spiro atoms. The number of nitrogen functional groups attached to an aromatic ring is 1. The molecule has 2 atom stereocenters. The molecule has 2 aromatic carbocycles. The van der Waals surface area contributed by atoms with Gasteiger partial charge in [-0.3, -0.25) is 4.72 Å². The lowest BCUT2D eigenvalue weighted by molar-refractivity contribution is -0.161. The predicted molar refractivity (Wildman–Crippen MR) is 161 cm³/mol. The SMILES string of the molecule is CCCC1(CCc2ccccc2)CC(O)=C([C@@H](c2cccc(NS(=O)(=O)c3ccc(N)cn3)c2)C(C)(C)C)C(=O)O1. The molecule has 1 aliphatic heterocycles. The Morgan fingerprint density at radius 2 is 1.80 bits per heavy atom. The van der Waals surface area contributed by atoms with E-state index in [4.69, 9.17) is 10.5 Å². The number of carbonyl (C=O) groups is 1. The van der Waals surface area contributed by atoms with E-state index in [1.54, 1.807) is 18.2 Å². The third-order valence-corrected chi connectivity index (χ3v) is 8.71. The topological polar surface area (TPSA) is 132 Å². The van der Waals surface area contributed by atoms with Gasteiger partial charge in [0.25, 0.3) is 10.0 Å². The van der Waals surface area contributed by atoms with Gasteiger partial charge in [-0.25, -0.2) is 9.78 Å². The number of aromatic nitrogens is 1. The van der Waals surface area contributed by atoms with Gasteiger partial charge in [0.15, 0.2) is 5.03 Å². The maximum atomic E-state index is 13.7. The fourth-order valence-electron chi connectivity index (χ4n) is 5.61. The molecule has 0 aliphatic carbocycles. The quantitative estimate of drug-likeness (QED) is 0.234. The van der Waals surface area contributed by atoms with Crippen molar-refractivity contribution in [1.82, 2.24) is 4.98 Å². The molecule has 0 fully saturated rings. The Hall–Kier alpha value is -3.85. The molecule has 0 saturated heterocycles. The number of nitrogens with one attached hydrogen (secondary N) is 1. The van der Waals surface area contributed by atoms with Crippen molar-refractivity contribution in [1.29, 1.82) is 0 Å². The van der Waals surface area contributed by atoms with Crippen molar-refractivity contribution in [2.45, 2.75) is 76.3 Å². The number of ether oxygens (including phenoxy) is 1. The number of sulfonamides is 1. The van der Waals surface area contributed by atoms with Crippen LogP contribution in [0, 0.1) is 5.41 Å². The number of aliphatic hydroxyl groups is 1. The second kappa shape index (κ2) is 11.9. The summed E-state index contributed by atoms with van der Waals surface area (Å²) in [5, 5.41) is 11.3. The second-order valence-electron chi connectivity index (χ2n) is 11.8. The largest absolute Gasteiger partial charge is 0.512 e. The van der Waals surface area contributed by atoms with Gasteiger partial charge in [-0.2, -0.15) is 8.42 Å². The lowest BCUT2D eigenvalue weighted by atomic mass is 9.70. The highest BCUT2D eigenvalue weighted by Gasteiger charge is 2.46. The van der Waals surface area contributed by atoms with Crippen LogP contribution in [-0.2, 0) is 26.0 Å². The van der Waals surface area contributed by atoms with Crippen LogP contribution < -0.4 is 10.5 Å². The van der Waals surface area contributed by atoms with Crippen molar-refractivity contribution in [3.63, 3.8) is 0 Å². The zero-order valence-corrected chi connectivity index (χ0v) is 24.9. The number of hydrogen-bond donors (Lipinski definition) is 3. The summed E-state index contributed by atoms with van der Waals surface area (Å²) in [5.41, 5.74) is 7.05. The van der Waals surface area contributed by atoms with Gasteiger partial charge in [0.2, 0.25) is 0 Å². The van der Waals surface area contributed by atoms with E-state index < -0.39 is 32.9 Å². The fraction of sp³-hybridized carbons (Fsp3) is 0.375. The number of aryl methyl sites for hydroxylation is 1. The van der Waals surface area contributed by atoms with Crippen molar-refractivity contribution < 1.29 is 23.1 Å². The Balaban J connectivity index is 1.66. The molecule has 1 aliphatic rings. The van der Waals surface area contributed by atoms with Crippen molar-refractivity contribution in [3.8, 4) is 0 Å². The zero-order chi connectivity index (χ0) is 29.8. The lowest BCUT2D eigenvalue weighted by Gasteiger charge is -2.41. The molecule has 0 bridgehead atoms. The first-order valence-corrected chi connectivity index (χ1v) is 15.4. The van der Waals surface area contributed by atoms with Crippen LogP contribution >= 0.6 is 0 Å². The molecule has 1 aromatic heterocycles. The van der Waals surface area contributed by atoms with Crippen LogP contribution in [0.3, 0.4) is 0 Å². The molecule has 9 heteroatoms. The summed E-state index contributed by atoms with van der Waals surface area (Å²) in [6, 6.07) is 19.7. The number of benzene rings is 2. The van der Waals surface area contributed by atoms with E-state index in [9.17, 15) is 18.3 Å². The number of cyclic esters (lactones) is 1. The van der Waals surface area contributed by atoms with Crippen molar-refractivity contribution in [2.24, 2.45) is 5.41 Å². The van der Waals surface area contributed by atoms with E-state index in [1.165, 1.54) is 18.3 Å². The van der Waals surface area contributed by atoms with Gasteiger partial charge in [-0.15, -0.1) is 0 Å². The number of hydrogen-bond acceptors (Lipinski definition) is 7. The summed E-state index contributed by atoms with van der Waals surface area (Å²) in [6.07, 6.45) is 4.28. The van der Waals surface area contributed by atoms with Crippen molar-refractivity contribution in [3.05, 3.63) is 95.4 Å². The van der Waals surface area contributed by atoms with E-state index in [0.29, 0.717) is 29.8 Å². The highest BCUT2D eigenvalue weighted by molar-refractivity contribution is 7.92. The van der Waals surface area contributed by atoms with Gasteiger partial charge in [-0.05, 0) is 60.1 Å². The van der Waals surface area contributed by atoms with Crippen LogP contribution in [0.5, 0.6) is 0 Å². The van der Waals surface area contributed by atoms with Gasteiger partial charge in [-0.1, -0.05) is 76.6 Å². The molecule has 4 N–H and O–H groups in total. The van der Waals surface area contributed by atoms with Crippen LogP contribution in [0.2, 0.25) is 0 Å². The zero-order valence-electron chi connectivity index (χ0n) is 24.1. The first-order chi connectivity index (χ1) is 19.3. The van der Waals surface area contributed by atoms with E-state index in [-0.39, 0.29) is 22.8 Å². The van der Waals surface area contributed by atoms with Crippen LogP contribution in [0.25, 0.3) is 0 Å². The van der Waals surface area contributed by atoms with Gasteiger partial charge < -0.3 is 15.6 Å². The summed E-state index contributed by atoms with van der Waals surface area (Å²) in [5.74, 6) is -1.06. The molecule has 2 heterocycles. The van der Waals surface area contributed by atoms with E-state index >= 15 is 0 Å². The Morgan fingerprint density at radius 3 is 2.41 bits per heavy atom. The highest BCUT2D eigenvalue weighted by Crippen LogP contribution is 2.47. The standard InChI is InChI=1S/C32H39N3O5S/c1-5-17-32(18-16-22-10-7-6-8-11-22)20-26(36)28(30(37)40-32)29(31(2,3)4)23-12-9-13-25(19-23)35-41(38,39)27-15-14-24(33)21-34-27/h6-15,19,21,29,35-36H,5,16-18,20,33H2,1-4H3/t29-,32?/m1/s1. The summed E-state index contributed by atoms with van der Waals surface area (Å²) in [6.45, 7) is 7.97. The predicted octanol–water partition coefficient (Wildman–Crippen LogP) is 6.53. The fourth-order valence-corrected chi connectivity index (χ4v) is 6.59. The van der Waals surface area contributed by atoms with E-state index in [1.807, 2.05) is 64.1 Å². The molecule has 4 rings (SSSR count). The number of aliphatic hydroxyl groups excluding tert-OH is 1. The Labute approximate surface area is 242 Å². The first-order valence-electron chi connectivity index (χ1n) is 13.9. The molecular formula is C32H39N3O5S. The number of nitrogens with zero attached hydrogens (tertiary/aromatic N) is 1. The van der Waals surface area contributed by atoms with Crippen molar-refractivity contribution >= 4 is 27.4 Å². The summed E-state index contributed by atoms with van der Waals surface area (Å²) in [7, 11) is -3.98. The molecule has 3 aromatic rings. The van der Waals surface area contributed by atoms with Crippen molar-refractivity contribution in [2.75, 3.05) is 10.5 Å². The maximum absolute atomic E-state index is 13.7. The molecule has 0 amide bonds. The molecule has 41 heavy (non-hydrogen) atoms. The van der Waals surface area contributed by atoms with Crippen LogP contribution in [0.1, 0.15) is 70.4 Å². The third kappa shape index (κ3) is 7.08. The molecule has 8 nitrogen and oxygen atoms in total. The molecule has 218 valence electrons. The molecule has 1 unspecified atom stereocenters. The van der Waals surface area contributed by atoms with Crippen LogP contribution in [0.4, 0.5) is 11.4 Å². The van der Waals surface area contributed by atoms with Crippen LogP contribution in [-0.4, -0.2) is 30.1 Å². The number of carbonyl (C=O) groups excluding carboxylic acids is 1. The Kier molecular flexibility index (Phi) is 8.77. The first kappa shape index (κ1) is 30.1. The van der Waals surface area contributed by atoms with Gasteiger partial charge >= 0.3 is 5.97 Å². The minimum Gasteiger partial charge on any atom is -0.512 e. The summed E-state index contributed by atoms with van der Waals surface area (Å²) >= 11 is 0. The summed E-state index contributed by atoms with van der Waals surface area (Å²) < 4.78 is 34.7. The minimum absolute atomic E-state index is 0.0275. The number of nitrogens with two attached hydrogens (primary N) is 1. The van der Waals surface area contributed by atoms with Crippen LogP contribution in [0.15, 0.2) is 89.3 Å². The third-order valence-electron chi connectivity index (χ3n) is 7.41. The lowest BCUT2D eigenvalue weighted by Crippen LogP contribution is -2.43. The summed E-state index contributed by atoms with van der Waals surface area (Å²) in [4.78, 5) is 17.6. The number of pyridine rings is 1. The van der Waals surface area contributed by atoms with Gasteiger partial charge in [0.05, 0.1) is 17.5 Å². The normalized spacial score (nSPS) is 18.6. The highest BCUT2D eigenvalue weighted by atomic mass is 32.2. The maximum Gasteiger partial charge on any atom is 0.338 e. The Bertz CT molecular complexity index is 1510. The molecular weight excluding hydrogens is 538 g/mol. The Morgan fingerprint density at radius 1 is 1.07 bits per heavy atom. The monoisotopic (exact) mass is 577 g/mol. The average Bonchev–Trinajstić information content (AvgIpc) is 2.90. The number of esters is 1. The number of rotatable bonds is 10.